The molecule has 8 bridgehead atoms. The molecule has 0 aliphatic carbocycles. The van der Waals surface area contributed by atoms with Crippen LogP contribution in [0.3, 0.4) is 0 Å². The second-order valence-electron chi connectivity index (χ2n) is 13.3. The maximum absolute atomic E-state index is 13.0. The second-order valence-corrected chi connectivity index (χ2v) is 13.3. The van der Waals surface area contributed by atoms with Gasteiger partial charge in [0.25, 0.3) is 0 Å². The molecule has 276 valence electrons. The van der Waals surface area contributed by atoms with E-state index < -0.39 is 42.3 Å². The molecule has 0 spiro atoms. The molecule has 3 aliphatic rings. The second kappa shape index (κ2) is 15.4. The molecule has 8 N–H and O–H groups in total. The number of hydrogen-bond acceptors (Lipinski definition) is 8. The molecular formula is C38H45N5O9. The van der Waals surface area contributed by atoms with E-state index in [0.29, 0.717) is 27.9 Å². The van der Waals surface area contributed by atoms with Crippen LogP contribution in [0.5, 0.6) is 0 Å². The number of allylic oxidation sites excluding steroid dienone is 2. The van der Waals surface area contributed by atoms with Crippen LogP contribution in [0.2, 0.25) is 0 Å². The van der Waals surface area contributed by atoms with Gasteiger partial charge in [0.2, 0.25) is 0 Å². The van der Waals surface area contributed by atoms with E-state index in [1.807, 2.05) is 26.0 Å². The number of aromatic nitrogens is 2. The first kappa shape index (κ1) is 37.8. The maximum Gasteiger partial charge on any atom is 0.338 e. The number of aliphatic imine (C=N–C) groups is 1. The summed E-state index contributed by atoms with van der Waals surface area (Å²) < 4.78 is 0. The third-order valence-electron chi connectivity index (χ3n) is 10.2. The molecular weight excluding hydrogens is 670 g/mol. The summed E-state index contributed by atoms with van der Waals surface area (Å²) >= 11 is 0. The lowest BCUT2D eigenvalue weighted by Gasteiger charge is -2.20. The smallest absolute Gasteiger partial charge is 0.338 e. The van der Waals surface area contributed by atoms with Crippen LogP contribution in [0.15, 0.2) is 34.1 Å². The number of carboxylic acids is 4. The number of aromatic amines is 2. The number of fused-ring (bicyclic) bond motifs is 7. The van der Waals surface area contributed by atoms with E-state index in [2.05, 4.69) is 47.3 Å². The van der Waals surface area contributed by atoms with Gasteiger partial charge < -0.3 is 40.5 Å². The van der Waals surface area contributed by atoms with Gasteiger partial charge in [-0.3, -0.25) is 19.4 Å². The average molecular weight is 716 g/mol. The van der Waals surface area contributed by atoms with Crippen LogP contribution in [-0.4, -0.2) is 78.7 Å². The molecule has 5 heterocycles. The SMILES string of the molecule is C=Cc1c2[nH]c(c1C)/C=C1N=C(/C(CCON[C@@H](CC(=O)O)C(=O)O)=c3\[nH]/c(c(C)c3C(=O)O)=C\C3N/C(=C\2)C(C)=C3CC)[C@@H](CCC(=O)O)[C@@H]\1C. The van der Waals surface area contributed by atoms with E-state index >= 15 is 0 Å². The van der Waals surface area contributed by atoms with Gasteiger partial charge in [-0.1, -0.05) is 26.5 Å². The van der Waals surface area contributed by atoms with Crippen molar-refractivity contribution in [2.75, 3.05) is 6.61 Å². The minimum Gasteiger partial charge on any atom is -0.481 e. The third kappa shape index (κ3) is 7.44. The van der Waals surface area contributed by atoms with Gasteiger partial charge in [0.1, 0.15) is 6.04 Å². The highest BCUT2D eigenvalue weighted by atomic mass is 16.6. The Labute approximate surface area is 300 Å². The largest absolute Gasteiger partial charge is 0.481 e. The van der Waals surface area contributed by atoms with Crippen molar-refractivity contribution in [1.82, 2.24) is 20.8 Å². The number of hydrogen-bond donors (Lipinski definition) is 8. The zero-order valence-corrected chi connectivity index (χ0v) is 29.8. The van der Waals surface area contributed by atoms with Gasteiger partial charge in [-0.25, -0.2) is 4.79 Å². The zero-order chi connectivity index (χ0) is 38.0. The fraction of sp³-hybridized carbons (Fsp3) is 0.395. The highest BCUT2D eigenvalue weighted by molar-refractivity contribution is 6.22. The summed E-state index contributed by atoms with van der Waals surface area (Å²) in [6.07, 6.45) is 7.85. The third-order valence-corrected chi connectivity index (χ3v) is 10.2. The number of carboxylic acid groups (broad SMARTS) is 4. The van der Waals surface area contributed by atoms with Crippen LogP contribution >= 0.6 is 0 Å². The Morgan fingerprint density at radius 2 is 1.77 bits per heavy atom. The van der Waals surface area contributed by atoms with Gasteiger partial charge in [-0.2, -0.15) is 5.48 Å². The maximum atomic E-state index is 13.0. The van der Waals surface area contributed by atoms with Crippen molar-refractivity contribution in [3.05, 3.63) is 73.5 Å². The summed E-state index contributed by atoms with van der Waals surface area (Å²) in [6.45, 7) is 13.7. The van der Waals surface area contributed by atoms with Crippen LogP contribution in [0.1, 0.15) is 91.3 Å². The fourth-order valence-electron chi connectivity index (χ4n) is 7.39. The van der Waals surface area contributed by atoms with E-state index in [1.165, 1.54) is 0 Å². The molecule has 3 aliphatic heterocycles. The van der Waals surface area contributed by atoms with Crippen LogP contribution in [0.25, 0.3) is 29.9 Å². The molecule has 0 radical (unpaired) electrons. The Bertz CT molecular complexity index is 2090. The summed E-state index contributed by atoms with van der Waals surface area (Å²) in [4.78, 5) is 65.2. The summed E-state index contributed by atoms with van der Waals surface area (Å²) in [5.41, 5.74) is 11.1. The number of H-pyrrole nitrogens is 2. The van der Waals surface area contributed by atoms with Crippen molar-refractivity contribution in [3.8, 4) is 0 Å². The number of aliphatic carboxylic acids is 3. The first-order chi connectivity index (χ1) is 24.7. The Hall–Kier alpha value is -5.47. The number of hydroxylamine groups is 1. The lowest BCUT2D eigenvalue weighted by Crippen LogP contribution is -2.39. The number of nitrogens with zero attached hydrogens (tertiary/aromatic N) is 1. The number of aromatic carboxylic acids is 1. The summed E-state index contributed by atoms with van der Waals surface area (Å²) in [7, 11) is 0. The van der Waals surface area contributed by atoms with E-state index in [-0.39, 0.29) is 48.7 Å². The van der Waals surface area contributed by atoms with Gasteiger partial charge >= 0.3 is 23.9 Å². The standard InChI is InChI=1S/C38H45N5O9/c1-7-21-17(3)25-13-27-19(5)23(9-10-32(44)45)35(41-27)24(11-12-52-43-31(37(48)49)16-33(46)47)36-34(38(50)51)20(6)28(42-36)15-30-22(8-2)18(4)26(40-30)14-29(21)39-25/h7,13-15,19,23,30-31,39-40,42-43H,1,8-12,16H2,2-6H3,(H,44,45)(H,46,47)(H,48,49)(H,50,51)/b26-14-,27-13-,28-15-,36-24-/t19-,23-,30?,31-/m0/s1. The van der Waals surface area contributed by atoms with Crippen molar-refractivity contribution < 1.29 is 44.4 Å². The van der Waals surface area contributed by atoms with Crippen LogP contribution in [-0.2, 0) is 19.2 Å². The van der Waals surface area contributed by atoms with Gasteiger partial charge in [0.15, 0.2) is 0 Å². The molecule has 4 atom stereocenters. The minimum atomic E-state index is -1.53. The molecule has 0 saturated heterocycles. The first-order valence-corrected chi connectivity index (χ1v) is 17.2. The van der Waals surface area contributed by atoms with Crippen LogP contribution in [0, 0.1) is 25.7 Å². The number of carbonyl (C=O) groups is 4. The highest BCUT2D eigenvalue weighted by Crippen LogP contribution is 2.39. The minimum absolute atomic E-state index is 0.0187. The van der Waals surface area contributed by atoms with Gasteiger partial charge in [0.05, 0.1) is 30.0 Å². The van der Waals surface area contributed by atoms with Gasteiger partial charge in [0, 0.05) is 69.7 Å². The molecule has 0 fully saturated rings. The Kier molecular flexibility index (Phi) is 11.2. The molecule has 0 amide bonds. The molecule has 14 nitrogen and oxygen atoms in total. The van der Waals surface area contributed by atoms with Crippen molar-refractivity contribution in [2.45, 2.75) is 78.8 Å². The van der Waals surface area contributed by atoms with E-state index in [9.17, 15) is 34.5 Å². The summed E-state index contributed by atoms with van der Waals surface area (Å²) in [6, 6.07) is -1.78. The zero-order valence-electron chi connectivity index (χ0n) is 29.8. The van der Waals surface area contributed by atoms with E-state index in [4.69, 9.17) is 14.9 Å². The Balaban J connectivity index is 1.79. The summed E-state index contributed by atoms with van der Waals surface area (Å²) in [5.74, 6) is -5.61. The van der Waals surface area contributed by atoms with Crippen molar-refractivity contribution in [2.24, 2.45) is 16.8 Å². The number of nitrogens with one attached hydrogen (secondary N) is 4. The average Bonchev–Trinajstić information content (AvgIpc) is 3.75. The van der Waals surface area contributed by atoms with Crippen LogP contribution in [0.4, 0.5) is 0 Å². The first-order valence-electron chi connectivity index (χ1n) is 17.2. The van der Waals surface area contributed by atoms with Crippen molar-refractivity contribution in [3.63, 3.8) is 0 Å². The molecule has 0 saturated carbocycles. The molecule has 1 unspecified atom stereocenters. The van der Waals surface area contributed by atoms with E-state index in [1.54, 1.807) is 13.0 Å². The van der Waals surface area contributed by atoms with Crippen molar-refractivity contribution >= 4 is 59.5 Å². The Morgan fingerprint density at radius 1 is 1.04 bits per heavy atom. The fourth-order valence-corrected chi connectivity index (χ4v) is 7.39. The lowest BCUT2D eigenvalue weighted by molar-refractivity contribution is -0.150. The quantitative estimate of drug-likeness (QED) is 0.104. The van der Waals surface area contributed by atoms with Crippen molar-refractivity contribution in [1.29, 1.82) is 0 Å². The normalized spacial score (nSPS) is 23.8. The number of rotatable bonds is 14. The molecule has 2 aromatic rings. The predicted octanol–water partition coefficient (Wildman–Crippen LogP) is 3.74. The molecule has 5 rings (SSSR count). The highest BCUT2D eigenvalue weighted by Gasteiger charge is 2.36. The molecule has 2 aromatic heterocycles. The molecule has 52 heavy (non-hydrogen) atoms. The predicted molar refractivity (Wildman–Crippen MR) is 195 cm³/mol. The summed E-state index contributed by atoms with van der Waals surface area (Å²) in [5, 5.41) is 43.4. The van der Waals surface area contributed by atoms with Crippen LogP contribution < -0.4 is 21.5 Å². The molecule has 14 heteroatoms. The Morgan fingerprint density at radius 3 is 2.38 bits per heavy atom. The van der Waals surface area contributed by atoms with E-state index in [0.717, 1.165) is 45.8 Å². The lowest BCUT2D eigenvalue weighted by atomic mass is 9.83. The van der Waals surface area contributed by atoms with Gasteiger partial charge in [-0.05, 0) is 74.1 Å². The monoisotopic (exact) mass is 715 g/mol. The topological polar surface area (TPSA) is 226 Å². The molecule has 0 aromatic carbocycles. The van der Waals surface area contributed by atoms with Gasteiger partial charge in [-0.15, -0.1) is 0 Å².